The molecule has 0 aliphatic carbocycles. The van der Waals surface area contributed by atoms with E-state index in [0.29, 0.717) is 12.6 Å². The molecule has 0 spiro atoms. The molecule has 114 valence electrons. The van der Waals surface area contributed by atoms with Gasteiger partial charge in [-0.1, -0.05) is 12.1 Å². The monoisotopic (exact) mass is 289 g/mol. The summed E-state index contributed by atoms with van der Waals surface area (Å²) < 4.78 is 18.0. The van der Waals surface area contributed by atoms with Crippen molar-refractivity contribution in [3.8, 4) is 5.75 Å². The zero-order valence-electron chi connectivity index (χ0n) is 13.8. The van der Waals surface area contributed by atoms with Gasteiger partial charge in [0.05, 0.1) is 17.2 Å². The Hall–Kier alpha value is -1.04. The lowest BCUT2D eigenvalue weighted by Crippen LogP contribution is -2.41. The SMILES string of the molecule is CN(C)[C@@H]1COc2ccc(B3OC(C)(C)C(C)(C)O3)cc21. The average molecular weight is 289 g/mol. The molecule has 21 heavy (non-hydrogen) atoms. The van der Waals surface area contributed by atoms with Gasteiger partial charge >= 0.3 is 7.12 Å². The van der Waals surface area contributed by atoms with Crippen molar-refractivity contribution in [1.82, 2.24) is 4.90 Å². The van der Waals surface area contributed by atoms with Gasteiger partial charge in [-0.25, -0.2) is 0 Å². The fourth-order valence-corrected chi connectivity index (χ4v) is 2.77. The van der Waals surface area contributed by atoms with E-state index in [-0.39, 0.29) is 18.3 Å². The second kappa shape index (κ2) is 4.73. The van der Waals surface area contributed by atoms with Gasteiger partial charge in [-0.05, 0) is 53.3 Å². The van der Waals surface area contributed by atoms with Crippen LogP contribution < -0.4 is 10.2 Å². The van der Waals surface area contributed by atoms with Gasteiger partial charge in [0.25, 0.3) is 0 Å². The molecule has 0 saturated carbocycles. The van der Waals surface area contributed by atoms with Crippen molar-refractivity contribution in [3.05, 3.63) is 23.8 Å². The highest BCUT2D eigenvalue weighted by Gasteiger charge is 2.51. The molecule has 0 N–H and O–H groups in total. The van der Waals surface area contributed by atoms with E-state index in [1.54, 1.807) is 0 Å². The van der Waals surface area contributed by atoms with Crippen molar-refractivity contribution in [2.45, 2.75) is 44.9 Å². The number of benzene rings is 1. The van der Waals surface area contributed by atoms with Gasteiger partial charge in [0.2, 0.25) is 0 Å². The molecule has 0 bridgehead atoms. The van der Waals surface area contributed by atoms with Gasteiger partial charge in [-0.2, -0.15) is 0 Å². The molecule has 1 atom stereocenters. The summed E-state index contributed by atoms with van der Waals surface area (Å²) in [4.78, 5) is 2.18. The van der Waals surface area contributed by atoms with Gasteiger partial charge in [-0.15, -0.1) is 0 Å². The molecule has 0 amide bonds. The number of fused-ring (bicyclic) bond motifs is 1. The van der Waals surface area contributed by atoms with Crippen molar-refractivity contribution < 1.29 is 14.0 Å². The van der Waals surface area contributed by atoms with Crippen LogP contribution in [-0.4, -0.2) is 43.9 Å². The lowest BCUT2D eigenvalue weighted by Gasteiger charge is -2.32. The molecule has 1 saturated heterocycles. The highest BCUT2D eigenvalue weighted by Crippen LogP contribution is 2.38. The van der Waals surface area contributed by atoms with Gasteiger partial charge in [0, 0.05) is 5.56 Å². The van der Waals surface area contributed by atoms with E-state index in [1.807, 2.05) is 12.1 Å². The molecular formula is C16H24BNO3. The first-order valence-corrected chi connectivity index (χ1v) is 7.50. The van der Waals surface area contributed by atoms with Crippen LogP contribution in [0.5, 0.6) is 5.75 Å². The van der Waals surface area contributed by atoms with Crippen LogP contribution in [0.4, 0.5) is 0 Å². The van der Waals surface area contributed by atoms with E-state index in [0.717, 1.165) is 11.2 Å². The van der Waals surface area contributed by atoms with Crippen LogP contribution in [0.25, 0.3) is 0 Å². The number of likely N-dealkylation sites (N-methyl/N-ethyl adjacent to an activating group) is 1. The Labute approximate surface area is 127 Å². The molecule has 5 heteroatoms. The first kappa shape index (κ1) is 14.9. The topological polar surface area (TPSA) is 30.9 Å². The molecule has 1 fully saturated rings. The maximum absolute atomic E-state index is 6.13. The van der Waals surface area contributed by atoms with Crippen LogP contribution >= 0.6 is 0 Å². The molecule has 1 aromatic rings. The quantitative estimate of drug-likeness (QED) is 0.779. The lowest BCUT2D eigenvalue weighted by atomic mass is 9.78. The summed E-state index contributed by atoms with van der Waals surface area (Å²) in [5.74, 6) is 0.967. The molecule has 2 aliphatic rings. The molecule has 2 aliphatic heterocycles. The Kier molecular flexibility index (Phi) is 3.35. The molecule has 2 heterocycles. The van der Waals surface area contributed by atoms with E-state index in [4.69, 9.17) is 14.0 Å². The van der Waals surface area contributed by atoms with E-state index in [2.05, 4.69) is 52.8 Å². The zero-order valence-corrected chi connectivity index (χ0v) is 13.8. The zero-order chi connectivity index (χ0) is 15.4. The highest BCUT2D eigenvalue weighted by atomic mass is 16.7. The van der Waals surface area contributed by atoms with E-state index in [9.17, 15) is 0 Å². The Morgan fingerprint density at radius 2 is 1.71 bits per heavy atom. The van der Waals surface area contributed by atoms with Gasteiger partial charge in [-0.3, -0.25) is 4.90 Å². The Balaban J connectivity index is 1.91. The van der Waals surface area contributed by atoms with Gasteiger partial charge in [0.1, 0.15) is 12.4 Å². The number of nitrogens with zero attached hydrogens (tertiary/aromatic N) is 1. The maximum Gasteiger partial charge on any atom is 0.494 e. The van der Waals surface area contributed by atoms with Crippen LogP contribution in [-0.2, 0) is 9.31 Å². The van der Waals surface area contributed by atoms with Gasteiger partial charge < -0.3 is 14.0 Å². The third kappa shape index (κ3) is 2.37. The summed E-state index contributed by atoms with van der Waals surface area (Å²) in [5.41, 5.74) is 1.65. The number of hydrogen-bond donors (Lipinski definition) is 0. The minimum absolute atomic E-state index is 0.294. The highest BCUT2D eigenvalue weighted by molar-refractivity contribution is 6.62. The molecule has 3 rings (SSSR count). The first-order valence-electron chi connectivity index (χ1n) is 7.50. The Morgan fingerprint density at radius 3 is 2.29 bits per heavy atom. The summed E-state index contributed by atoms with van der Waals surface area (Å²) in [6, 6.07) is 6.52. The largest absolute Gasteiger partial charge is 0.494 e. The number of ether oxygens (including phenoxy) is 1. The summed E-state index contributed by atoms with van der Waals surface area (Å²) in [7, 11) is 3.83. The Morgan fingerprint density at radius 1 is 1.10 bits per heavy atom. The fourth-order valence-electron chi connectivity index (χ4n) is 2.77. The molecule has 0 unspecified atom stereocenters. The van der Waals surface area contributed by atoms with Crippen LogP contribution in [0, 0.1) is 0 Å². The van der Waals surface area contributed by atoms with Crippen molar-refractivity contribution in [3.63, 3.8) is 0 Å². The van der Waals surface area contributed by atoms with Crippen LogP contribution in [0.2, 0.25) is 0 Å². The maximum atomic E-state index is 6.13. The minimum Gasteiger partial charge on any atom is -0.491 e. The van der Waals surface area contributed by atoms with E-state index < -0.39 is 0 Å². The van der Waals surface area contributed by atoms with E-state index in [1.165, 1.54) is 5.56 Å². The van der Waals surface area contributed by atoms with Crippen molar-refractivity contribution >= 4 is 12.6 Å². The molecule has 0 radical (unpaired) electrons. The second-order valence-corrected chi connectivity index (χ2v) is 7.18. The second-order valence-electron chi connectivity index (χ2n) is 7.18. The molecule has 4 nitrogen and oxygen atoms in total. The van der Waals surface area contributed by atoms with Crippen molar-refractivity contribution in [1.29, 1.82) is 0 Å². The first-order chi connectivity index (χ1) is 9.71. The average Bonchev–Trinajstić information content (AvgIpc) is 2.87. The molecule has 0 aromatic heterocycles. The normalized spacial score (nSPS) is 26.0. The third-order valence-corrected chi connectivity index (χ3v) is 4.94. The Bertz CT molecular complexity index is 540. The predicted octanol–water partition coefficient (Wildman–Crippen LogP) is 1.98. The van der Waals surface area contributed by atoms with Crippen molar-refractivity contribution in [2.24, 2.45) is 0 Å². The third-order valence-electron chi connectivity index (χ3n) is 4.94. The van der Waals surface area contributed by atoms with E-state index >= 15 is 0 Å². The van der Waals surface area contributed by atoms with Crippen LogP contribution in [0.15, 0.2) is 18.2 Å². The molecular weight excluding hydrogens is 265 g/mol. The van der Waals surface area contributed by atoms with Crippen LogP contribution in [0.3, 0.4) is 0 Å². The van der Waals surface area contributed by atoms with Crippen molar-refractivity contribution in [2.75, 3.05) is 20.7 Å². The van der Waals surface area contributed by atoms with Crippen LogP contribution in [0.1, 0.15) is 39.3 Å². The number of hydrogen-bond acceptors (Lipinski definition) is 4. The number of rotatable bonds is 2. The summed E-state index contributed by atoms with van der Waals surface area (Å²) >= 11 is 0. The summed E-state index contributed by atoms with van der Waals surface area (Å²) in [6.45, 7) is 9.01. The smallest absolute Gasteiger partial charge is 0.491 e. The molecule has 1 aromatic carbocycles. The standard InChI is InChI=1S/C16H24BNO3/c1-15(2)16(3,4)21-17(20-15)11-7-8-14-12(9-11)13(10-19-14)18(5)6/h7-9,13H,10H2,1-6H3/t13-/m1/s1. The van der Waals surface area contributed by atoms with Gasteiger partial charge in [0.15, 0.2) is 0 Å². The fraction of sp³-hybridized carbons (Fsp3) is 0.625. The summed E-state index contributed by atoms with van der Waals surface area (Å²) in [6.07, 6.45) is 0. The predicted molar refractivity (Wildman–Crippen MR) is 84.1 cm³/mol. The minimum atomic E-state index is -0.316. The lowest BCUT2D eigenvalue weighted by molar-refractivity contribution is 0.00578. The summed E-state index contributed by atoms with van der Waals surface area (Å²) in [5, 5.41) is 0.